The fourth-order valence-electron chi connectivity index (χ4n) is 5.58. The van der Waals surface area contributed by atoms with Crippen molar-refractivity contribution in [2.24, 2.45) is 0 Å². The molecule has 0 N–H and O–H groups in total. The van der Waals surface area contributed by atoms with E-state index >= 15 is 0 Å². The molecular weight excluding hydrogens is 428 g/mol. The molecule has 0 unspecified atom stereocenters. The van der Waals surface area contributed by atoms with E-state index in [0.29, 0.717) is 0 Å². The smallest absolute Gasteiger partial charge is 0.120 e. The van der Waals surface area contributed by atoms with Gasteiger partial charge in [-0.25, -0.2) is 0 Å². The summed E-state index contributed by atoms with van der Waals surface area (Å²) in [5.74, 6) is 0.861. The summed E-state index contributed by atoms with van der Waals surface area (Å²) in [6.07, 6.45) is 0. The number of hydrogen-bond acceptors (Lipinski definition) is 2. The molecule has 0 bridgehead atoms. The van der Waals surface area contributed by atoms with Gasteiger partial charge in [0.25, 0.3) is 0 Å². The van der Waals surface area contributed by atoms with Crippen LogP contribution in [0, 0.1) is 0 Å². The van der Waals surface area contributed by atoms with Gasteiger partial charge in [-0.2, -0.15) is 0 Å². The van der Waals surface area contributed by atoms with Crippen molar-refractivity contribution in [3.8, 4) is 5.75 Å². The summed E-state index contributed by atoms with van der Waals surface area (Å²) in [6.45, 7) is 0.723. The van der Waals surface area contributed by atoms with Crippen LogP contribution in [0.1, 0.15) is 0 Å². The Morgan fingerprint density at radius 2 is 1.14 bits per heavy atom. The molecule has 1 aliphatic rings. The van der Waals surface area contributed by atoms with Crippen LogP contribution >= 0.6 is 0 Å². The number of methoxy groups -OCH3 is 1. The second-order valence-electron chi connectivity index (χ2n) is 8.98. The lowest BCUT2D eigenvalue weighted by molar-refractivity contribution is 0.415. The van der Waals surface area contributed by atoms with Gasteiger partial charge in [0, 0.05) is 22.5 Å². The molecule has 168 valence electrons. The summed E-state index contributed by atoms with van der Waals surface area (Å²) < 4.78 is 8.02. The van der Waals surface area contributed by atoms with E-state index in [1.807, 2.05) is 6.07 Å². The summed E-state index contributed by atoms with van der Waals surface area (Å²) >= 11 is 0. The van der Waals surface area contributed by atoms with E-state index in [4.69, 9.17) is 4.74 Å². The summed E-state index contributed by atoms with van der Waals surface area (Å²) in [7, 11) is 1.72. The number of fused-ring (bicyclic) bond motifs is 7. The Hall–Kier alpha value is -4.50. The number of para-hydroxylation sites is 2. The predicted molar refractivity (Wildman–Crippen MR) is 147 cm³/mol. The van der Waals surface area contributed by atoms with E-state index in [-0.39, 0.29) is 0 Å². The fourth-order valence-corrected chi connectivity index (χ4v) is 5.58. The Kier molecular flexibility index (Phi) is 4.43. The first kappa shape index (κ1) is 19.9. The van der Waals surface area contributed by atoms with Crippen LogP contribution in [-0.4, -0.2) is 11.7 Å². The predicted octanol–water partition coefficient (Wildman–Crippen LogP) is 8.34. The Morgan fingerprint density at radius 3 is 1.86 bits per heavy atom. The average Bonchev–Trinajstić information content (AvgIpc) is 3.34. The molecule has 0 amide bonds. The molecule has 0 fully saturated rings. The van der Waals surface area contributed by atoms with Crippen LogP contribution in [-0.2, 0) is 6.67 Å². The molecule has 0 saturated heterocycles. The zero-order valence-corrected chi connectivity index (χ0v) is 19.5. The number of aromatic nitrogens is 1. The van der Waals surface area contributed by atoms with Gasteiger partial charge < -0.3 is 14.2 Å². The Balaban J connectivity index is 1.73. The summed E-state index contributed by atoms with van der Waals surface area (Å²) in [5.41, 5.74) is 4.77. The lowest BCUT2D eigenvalue weighted by atomic mass is 10.0. The third-order valence-electron chi connectivity index (χ3n) is 7.14. The Labute approximate surface area is 203 Å². The molecule has 1 aromatic heterocycles. The van der Waals surface area contributed by atoms with Crippen molar-refractivity contribution in [1.29, 1.82) is 0 Å². The van der Waals surface area contributed by atoms with Gasteiger partial charge in [-0.3, -0.25) is 0 Å². The monoisotopic (exact) mass is 452 g/mol. The van der Waals surface area contributed by atoms with Crippen molar-refractivity contribution in [1.82, 2.24) is 4.57 Å². The highest BCUT2D eigenvalue weighted by Crippen LogP contribution is 2.42. The minimum Gasteiger partial charge on any atom is -0.497 e. The van der Waals surface area contributed by atoms with Crippen LogP contribution in [0.3, 0.4) is 0 Å². The molecule has 2 heterocycles. The molecule has 0 saturated carbocycles. The topological polar surface area (TPSA) is 17.4 Å². The molecule has 3 heteroatoms. The second kappa shape index (κ2) is 7.78. The zero-order chi connectivity index (χ0) is 23.4. The van der Waals surface area contributed by atoms with Crippen LogP contribution in [0.25, 0.3) is 43.4 Å². The Morgan fingerprint density at radius 1 is 0.571 bits per heavy atom. The van der Waals surface area contributed by atoms with E-state index in [1.54, 1.807) is 7.11 Å². The van der Waals surface area contributed by atoms with Gasteiger partial charge in [-0.15, -0.1) is 0 Å². The number of hydrogen-bond donors (Lipinski definition) is 0. The molecular formula is C32H24N2O. The van der Waals surface area contributed by atoms with E-state index in [1.165, 1.54) is 49.0 Å². The van der Waals surface area contributed by atoms with Crippen molar-refractivity contribution in [3.63, 3.8) is 0 Å². The van der Waals surface area contributed by atoms with Gasteiger partial charge in [0.2, 0.25) is 0 Å². The molecule has 0 atom stereocenters. The average molecular weight is 453 g/mol. The van der Waals surface area contributed by atoms with Gasteiger partial charge in [-0.05, 0) is 45.8 Å². The summed E-state index contributed by atoms with van der Waals surface area (Å²) in [6, 6.07) is 41.3. The van der Waals surface area contributed by atoms with Crippen molar-refractivity contribution >= 4 is 54.7 Å². The zero-order valence-electron chi connectivity index (χ0n) is 19.5. The molecule has 6 aromatic rings. The number of benzene rings is 5. The highest BCUT2D eigenvalue weighted by Gasteiger charge is 2.23. The van der Waals surface area contributed by atoms with Gasteiger partial charge >= 0.3 is 0 Å². The van der Waals surface area contributed by atoms with E-state index in [0.717, 1.165) is 18.1 Å². The standard InChI is InChI=1S/C32H24N2O/c1-35-23-11-8-10-22(20-23)33-21-34-30-18-7-6-16-28(30)26-14-4-2-12-24(26)25-13-3-5-15-27(25)29-17-9-19-31(33)32(29)34/h2-20H,21H2,1H3. The third kappa shape index (κ3) is 2.98. The van der Waals surface area contributed by atoms with E-state index in [2.05, 4.69) is 119 Å². The number of rotatable bonds is 2. The maximum absolute atomic E-state index is 5.55. The lowest BCUT2D eigenvalue weighted by Crippen LogP contribution is -2.14. The van der Waals surface area contributed by atoms with Gasteiger partial charge in [-0.1, -0.05) is 84.9 Å². The number of anilines is 2. The number of nitrogens with zero attached hydrogens (tertiary/aromatic N) is 2. The van der Waals surface area contributed by atoms with E-state index in [9.17, 15) is 0 Å². The highest BCUT2D eigenvalue weighted by molar-refractivity contribution is 6.20. The minimum atomic E-state index is 0.723. The van der Waals surface area contributed by atoms with Crippen LogP contribution in [0.15, 0.2) is 115 Å². The molecule has 1 aliphatic heterocycles. The summed E-state index contributed by atoms with van der Waals surface area (Å²) in [5, 5.41) is 7.52. The first-order chi connectivity index (χ1) is 17.3. The molecule has 7 rings (SSSR count). The summed E-state index contributed by atoms with van der Waals surface area (Å²) in [4.78, 5) is 2.38. The van der Waals surface area contributed by atoms with Gasteiger partial charge in [0.05, 0.1) is 23.8 Å². The lowest BCUT2D eigenvalue weighted by Gasteiger charge is -2.20. The van der Waals surface area contributed by atoms with Gasteiger partial charge in [0.15, 0.2) is 0 Å². The largest absolute Gasteiger partial charge is 0.497 e. The highest BCUT2D eigenvalue weighted by atomic mass is 16.5. The van der Waals surface area contributed by atoms with Crippen molar-refractivity contribution < 1.29 is 4.74 Å². The van der Waals surface area contributed by atoms with Crippen LogP contribution in [0.4, 0.5) is 11.4 Å². The molecule has 3 nitrogen and oxygen atoms in total. The third-order valence-corrected chi connectivity index (χ3v) is 7.14. The quantitative estimate of drug-likeness (QED) is 0.263. The molecule has 0 radical (unpaired) electrons. The van der Waals surface area contributed by atoms with Crippen molar-refractivity contribution in [3.05, 3.63) is 115 Å². The Bertz CT molecular complexity index is 1830. The second-order valence-corrected chi connectivity index (χ2v) is 8.98. The minimum absolute atomic E-state index is 0.723. The maximum atomic E-state index is 5.55. The molecule has 35 heavy (non-hydrogen) atoms. The SMILES string of the molecule is COc1cccc(N2Cn3c4ccccc4c4ccccc4c4ccccc4c4cccc2c43)c1. The van der Waals surface area contributed by atoms with Crippen molar-refractivity contribution in [2.75, 3.05) is 12.0 Å². The van der Waals surface area contributed by atoms with Crippen molar-refractivity contribution in [2.45, 2.75) is 6.67 Å². The molecule has 0 aliphatic carbocycles. The molecule has 0 spiro atoms. The number of ether oxygens (including phenoxy) is 1. The fraction of sp³-hybridized carbons (Fsp3) is 0.0625. The maximum Gasteiger partial charge on any atom is 0.120 e. The van der Waals surface area contributed by atoms with E-state index < -0.39 is 0 Å². The first-order valence-corrected chi connectivity index (χ1v) is 11.9. The molecule has 5 aromatic carbocycles. The van der Waals surface area contributed by atoms with Crippen LogP contribution < -0.4 is 9.64 Å². The van der Waals surface area contributed by atoms with Gasteiger partial charge in [0.1, 0.15) is 12.4 Å². The van der Waals surface area contributed by atoms with Crippen LogP contribution in [0.5, 0.6) is 5.75 Å². The normalized spacial score (nSPS) is 12.5. The first-order valence-electron chi connectivity index (χ1n) is 11.9. The van der Waals surface area contributed by atoms with Crippen LogP contribution in [0.2, 0.25) is 0 Å².